The van der Waals surface area contributed by atoms with Gasteiger partial charge in [0.2, 0.25) is 0 Å². The normalized spacial score (nSPS) is 40.8. The van der Waals surface area contributed by atoms with Crippen molar-refractivity contribution in [2.45, 2.75) is 18.1 Å². The number of esters is 1. The van der Waals surface area contributed by atoms with Gasteiger partial charge in [-0.25, -0.2) is 0 Å². The van der Waals surface area contributed by atoms with Crippen molar-refractivity contribution in [2.24, 2.45) is 5.92 Å². The molecule has 78 valence electrons. The van der Waals surface area contributed by atoms with Crippen molar-refractivity contribution in [2.75, 3.05) is 13.2 Å². The van der Waals surface area contributed by atoms with Crippen LogP contribution < -0.4 is 0 Å². The first kappa shape index (κ1) is 9.64. The largest absolute Gasteiger partial charge is 0.451 e. The number of aliphatic hydroxyl groups is 3. The minimum Gasteiger partial charge on any atom is -0.451 e. The first-order valence-electron chi connectivity index (χ1n) is 4.47. The predicted molar refractivity (Wildman–Crippen MR) is 45.2 cm³/mol. The summed E-state index contributed by atoms with van der Waals surface area (Å²) in [4.78, 5) is 11.1. The Morgan fingerprint density at radius 2 is 2.29 bits per heavy atom. The van der Waals surface area contributed by atoms with Crippen molar-refractivity contribution >= 4 is 5.97 Å². The summed E-state index contributed by atoms with van der Waals surface area (Å²) < 4.78 is 5.02. The summed E-state index contributed by atoms with van der Waals surface area (Å²) in [6.07, 6.45) is 0.713. The van der Waals surface area contributed by atoms with Crippen LogP contribution >= 0.6 is 0 Å². The average molecular weight is 200 g/mol. The minimum absolute atomic E-state index is 0.0850. The third kappa shape index (κ3) is 1.03. The summed E-state index contributed by atoms with van der Waals surface area (Å²) >= 11 is 0. The molecule has 0 radical (unpaired) electrons. The molecule has 1 fully saturated rings. The molecule has 5 heteroatoms. The number of aliphatic hydroxyl groups excluding tert-OH is 3. The fourth-order valence-corrected chi connectivity index (χ4v) is 2.27. The van der Waals surface area contributed by atoms with Crippen LogP contribution in [0.4, 0.5) is 0 Å². The van der Waals surface area contributed by atoms with E-state index in [-0.39, 0.29) is 13.0 Å². The molecule has 0 aromatic rings. The van der Waals surface area contributed by atoms with E-state index in [1.807, 2.05) is 0 Å². The molecule has 1 aliphatic heterocycles. The van der Waals surface area contributed by atoms with E-state index >= 15 is 0 Å². The quantitative estimate of drug-likeness (QED) is 0.376. The third-order valence-corrected chi connectivity index (χ3v) is 3.01. The summed E-state index contributed by atoms with van der Waals surface area (Å²) in [7, 11) is 0. The average Bonchev–Trinajstić information content (AvgIpc) is 2.62. The Balaban J connectivity index is 2.38. The van der Waals surface area contributed by atoms with E-state index in [0.717, 1.165) is 0 Å². The molecule has 0 aromatic heterocycles. The summed E-state index contributed by atoms with van der Waals surface area (Å²) in [6.45, 7) is -0.714. The number of fused-ring (bicyclic) bond motifs is 1. The lowest BCUT2D eigenvalue weighted by Gasteiger charge is -2.28. The van der Waals surface area contributed by atoms with Gasteiger partial charge in [0.25, 0.3) is 0 Å². The van der Waals surface area contributed by atoms with Gasteiger partial charge >= 0.3 is 5.97 Å². The Morgan fingerprint density at radius 1 is 1.57 bits per heavy atom. The molecule has 14 heavy (non-hydrogen) atoms. The molecule has 1 saturated heterocycles. The van der Waals surface area contributed by atoms with E-state index < -0.39 is 30.2 Å². The van der Waals surface area contributed by atoms with Gasteiger partial charge in [-0.2, -0.15) is 0 Å². The number of hydrogen-bond acceptors (Lipinski definition) is 5. The van der Waals surface area contributed by atoms with Gasteiger partial charge in [-0.15, -0.1) is 0 Å². The number of hydrogen-bond donors (Lipinski definition) is 3. The molecule has 5 nitrogen and oxygen atoms in total. The number of rotatable bonds is 2. The molecule has 3 atom stereocenters. The molecular formula is C9H12O5. The van der Waals surface area contributed by atoms with Crippen LogP contribution in [0.15, 0.2) is 11.6 Å². The van der Waals surface area contributed by atoms with Crippen molar-refractivity contribution in [3.8, 4) is 0 Å². The SMILES string of the molecule is O=C1C[C@H]2[C@@H](O)C=C(CO)[C@@]2(CO)O1. The molecule has 0 unspecified atom stereocenters. The number of carbonyl (C=O) groups excluding carboxylic acids is 1. The molecule has 0 bridgehead atoms. The van der Waals surface area contributed by atoms with Crippen molar-refractivity contribution in [3.05, 3.63) is 11.6 Å². The third-order valence-electron chi connectivity index (χ3n) is 3.01. The maximum absolute atomic E-state index is 11.1. The first-order chi connectivity index (χ1) is 6.64. The topological polar surface area (TPSA) is 87.0 Å². The smallest absolute Gasteiger partial charge is 0.307 e. The van der Waals surface area contributed by atoms with E-state index in [1.54, 1.807) is 0 Å². The lowest BCUT2D eigenvalue weighted by molar-refractivity contribution is -0.149. The van der Waals surface area contributed by atoms with Crippen LogP contribution in [-0.4, -0.2) is 46.2 Å². The zero-order valence-electron chi connectivity index (χ0n) is 7.51. The highest BCUT2D eigenvalue weighted by Crippen LogP contribution is 2.45. The van der Waals surface area contributed by atoms with Crippen molar-refractivity contribution in [1.82, 2.24) is 0 Å². The Hall–Kier alpha value is -0.910. The second kappa shape index (κ2) is 3.05. The van der Waals surface area contributed by atoms with Gasteiger partial charge in [0.15, 0.2) is 5.60 Å². The zero-order chi connectivity index (χ0) is 10.3. The summed E-state index contributed by atoms with van der Waals surface area (Å²) in [5.74, 6) is -0.899. The van der Waals surface area contributed by atoms with E-state index in [9.17, 15) is 15.0 Å². The molecule has 0 amide bonds. The van der Waals surface area contributed by atoms with Crippen LogP contribution in [0.25, 0.3) is 0 Å². The Kier molecular flexibility index (Phi) is 2.10. The van der Waals surface area contributed by atoms with Gasteiger partial charge in [-0.3, -0.25) is 4.79 Å². The molecular weight excluding hydrogens is 188 g/mol. The summed E-state index contributed by atoms with van der Waals surface area (Å²) in [5, 5.41) is 27.8. The molecule has 0 spiro atoms. The maximum Gasteiger partial charge on any atom is 0.307 e. The van der Waals surface area contributed by atoms with Crippen molar-refractivity contribution < 1.29 is 24.9 Å². The molecule has 2 rings (SSSR count). The van der Waals surface area contributed by atoms with Crippen LogP contribution in [0.2, 0.25) is 0 Å². The molecule has 2 aliphatic rings. The molecule has 1 aliphatic carbocycles. The van der Waals surface area contributed by atoms with Crippen molar-refractivity contribution in [3.63, 3.8) is 0 Å². The fourth-order valence-electron chi connectivity index (χ4n) is 2.27. The lowest BCUT2D eigenvalue weighted by atomic mass is 9.86. The highest BCUT2D eigenvalue weighted by atomic mass is 16.6. The van der Waals surface area contributed by atoms with Gasteiger partial charge in [0.05, 0.1) is 25.7 Å². The van der Waals surface area contributed by atoms with Crippen LogP contribution in [0.1, 0.15) is 6.42 Å². The fraction of sp³-hybridized carbons (Fsp3) is 0.667. The lowest BCUT2D eigenvalue weighted by Crippen LogP contribution is -2.42. The van der Waals surface area contributed by atoms with Crippen LogP contribution in [-0.2, 0) is 9.53 Å². The maximum atomic E-state index is 11.1. The highest BCUT2D eigenvalue weighted by Gasteiger charge is 2.57. The standard InChI is InChI=1S/C9H12O5/c10-3-5-1-7(12)6-2-8(13)14-9(5,6)4-11/h1,6-7,10-12H,2-4H2/t6-,7-,9+/m0/s1. The van der Waals surface area contributed by atoms with Gasteiger partial charge in [-0.1, -0.05) is 6.08 Å². The van der Waals surface area contributed by atoms with Gasteiger partial charge in [-0.05, 0) is 5.57 Å². The second-order valence-electron chi connectivity index (χ2n) is 3.67. The Morgan fingerprint density at radius 3 is 2.86 bits per heavy atom. The number of carbonyl (C=O) groups is 1. The van der Waals surface area contributed by atoms with E-state index in [0.29, 0.717) is 5.57 Å². The molecule has 1 heterocycles. The predicted octanol–water partition coefficient (Wildman–Crippen LogP) is -1.43. The van der Waals surface area contributed by atoms with E-state index in [1.165, 1.54) is 6.08 Å². The first-order valence-corrected chi connectivity index (χ1v) is 4.47. The minimum atomic E-state index is -1.18. The van der Waals surface area contributed by atoms with Crippen LogP contribution in [0, 0.1) is 5.92 Å². The van der Waals surface area contributed by atoms with Crippen LogP contribution in [0.5, 0.6) is 0 Å². The molecule has 0 aromatic carbocycles. The van der Waals surface area contributed by atoms with Gasteiger partial charge in [0, 0.05) is 5.92 Å². The van der Waals surface area contributed by atoms with Crippen molar-refractivity contribution in [1.29, 1.82) is 0 Å². The monoisotopic (exact) mass is 200 g/mol. The Labute approximate surface area is 80.6 Å². The Bertz CT molecular complexity index is 298. The van der Waals surface area contributed by atoms with Gasteiger partial charge in [0.1, 0.15) is 0 Å². The van der Waals surface area contributed by atoms with Gasteiger partial charge < -0.3 is 20.1 Å². The van der Waals surface area contributed by atoms with Crippen LogP contribution in [0.3, 0.4) is 0 Å². The molecule has 0 saturated carbocycles. The highest BCUT2D eigenvalue weighted by molar-refractivity contribution is 5.75. The van der Waals surface area contributed by atoms with E-state index in [4.69, 9.17) is 9.84 Å². The number of ether oxygens (including phenoxy) is 1. The summed E-state index contributed by atoms with van der Waals surface area (Å²) in [5.41, 5.74) is -0.783. The summed E-state index contributed by atoms with van der Waals surface area (Å²) in [6, 6.07) is 0. The zero-order valence-corrected chi connectivity index (χ0v) is 7.51. The molecule has 3 N–H and O–H groups in total. The van der Waals surface area contributed by atoms with E-state index in [2.05, 4.69) is 0 Å². The second-order valence-corrected chi connectivity index (χ2v) is 3.67.